The zero-order valence-electron chi connectivity index (χ0n) is 14.4. The normalized spacial score (nSPS) is 15.1. The molecule has 130 valence electrons. The van der Waals surface area contributed by atoms with E-state index in [2.05, 4.69) is 21.8 Å². The summed E-state index contributed by atoms with van der Waals surface area (Å²) in [5.41, 5.74) is 0.415. The van der Waals surface area contributed by atoms with Crippen LogP contribution in [-0.2, 0) is 11.2 Å². The summed E-state index contributed by atoms with van der Waals surface area (Å²) in [5, 5.41) is 10.5. The fourth-order valence-electron chi connectivity index (χ4n) is 2.75. The highest BCUT2D eigenvalue weighted by Crippen LogP contribution is 2.25. The summed E-state index contributed by atoms with van der Waals surface area (Å²) in [6.45, 7) is 7.58. The highest BCUT2D eigenvalue weighted by atomic mass is 19.1. The molecule has 1 aliphatic rings. The predicted molar refractivity (Wildman–Crippen MR) is 94.1 cm³/mol. The summed E-state index contributed by atoms with van der Waals surface area (Å²) in [4.78, 5) is 20.0. The number of benzene rings is 1. The average Bonchev–Trinajstić information content (AvgIpc) is 2.57. The zero-order valence-corrected chi connectivity index (χ0v) is 14.4. The van der Waals surface area contributed by atoms with Gasteiger partial charge in [0.25, 0.3) is 0 Å². The van der Waals surface area contributed by atoms with E-state index in [0.29, 0.717) is 11.1 Å². The van der Waals surface area contributed by atoms with E-state index in [-0.39, 0.29) is 12.2 Å². The van der Waals surface area contributed by atoms with E-state index in [4.69, 9.17) is 5.11 Å². The molecule has 0 unspecified atom stereocenters. The third-order valence-corrected chi connectivity index (χ3v) is 4.01. The van der Waals surface area contributed by atoms with Crippen LogP contribution in [0.4, 0.5) is 10.2 Å². The van der Waals surface area contributed by atoms with Crippen molar-refractivity contribution in [3.05, 3.63) is 35.8 Å². The molecule has 6 heteroatoms. The Labute approximate surface area is 141 Å². The Morgan fingerprint density at radius 1 is 1.21 bits per heavy atom. The van der Waals surface area contributed by atoms with Crippen LogP contribution in [0.3, 0.4) is 0 Å². The van der Waals surface area contributed by atoms with E-state index >= 15 is 0 Å². The number of piperazine rings is 1. The second-order valence-corrected chi connectivity index (χ2v) is 5.65. The van der Waals surface area contributed by atoms with Crippen molar-refractivity contribution in [2.45, 2.75) is 20.3 Å². The molecule has 1 saturated heterocycles. The molecule has 24 heavy (non-hydrogen) atoms. The molecule has 0 radical (unpaired) electrons. The van der Waals surface area contributed by atoms with E-state index in [1.165, 1.54) is 12.1 Å². The van der Waals surface area contributed by atoms with Crippen LogP contribution in [0, 0.1) is 5.82 Å². The molecule has 2 heterocycles. The molecule has 0 amide bonds. The molecule has 1 aromatic carbocycles. The van der Waals surface area contributed by atoms with Crippen LogP contribution in [0.25, 0.3) is 10.8 Å². The molecule has 0 spiro atoms. The third kappa shape index (κ3) is 4.20. The zero-order chi connectivity index (χ0) is 17.7. The number of anilines is 1. The second-order valence-electron chi connectivity index (χ2n) is 5.65. The third-order valence-electron chi connectivity index (χ3n) is 4.01. The lowest BCUT2D eigenvalue weighted by Gasteiger charge is -2.33. The van der Waals surface area contributed by atoms with Gasteiger partial charge < -0.3 is 14.9 Å². The molecule has 1 aromatic heterocycles. The van der Waals surface area contributed by atoms with Crippen molar-refractivity contribution >= 4 is 22.6 Å². The van der Waals surface area contributed by atoms with Crippen molar-refractivity contribution in [2.75, 3.05) is 38.1 Å². The van der Waals surface area contributed by atoms with E-state index < -0.39 is 5.97 Å². The summed E-state index contributed by atoms with van der Waals surface area (Å²) < 4.78 is 13.5. The number of carboxylic acids is 1. The molecule has 5 nitrogen and oxygen atoms in total. The largest absolute Gasteiger partial charge is 0.481 e. The number of carbonyl (C=O) groups is 1. The summed E-state index contributed by atoms with van der Waals surface area (Å²) in [5.74, 6) is -0.578. The number of hydrogen-bond donors (Lipinski definition) is 1. The fourth-order valence-corrected chi connectivity index (χ4v) is 2.75. The van der Waals surface area contributed by atoms with Gasteiger partial charge in [-0.3, -0.25) is 4.79 Å². The fraction of sp³-hybridized carbons (Fsp3) is 0.444. The van der Waals surface area contributed by atoms with Crippen LogP contribution in [0.5, 0.6) is 0 Å². The number of aliphatic carboxylic acids is 1. The lowest BCUT2D eigenvalue weighted by atomic mass is 10.1. The van der Waals surface area contributed by atoms with Crippen LogP contribution in [0.2, 0.25) is 0 Å². The van der Waals surface area contributed by atoms with Crippen LogP contribution in [0.15, 0.2) is 24.3 Å². The molecule has 0 aliphatic carbocycles. The summed E-state index contributed by atoms with van der Waals surface area (Å²) in [6, 6.07) is 6.33. The van der Waals surface area contributed by atoms with E-state index in [1.807, 2.05) is 19.9 Å². The predicted octanol–water partition coefficient (Wildman–Crippen LogP) is 2.78. The number of likely N-dealkylation sites (N-methyl/N-ethyl adjacent to an activating group) is 1. The van der Waals surface area contributed by atoms with Crippen molar-refractivity contribution in [3.8, 4) is 0 Å². The number of halogens is 1. The molecule has 1 fully saturated rings. The maximum absolute atomic E-state index is 13.5. The second kappa shape index (κ2) is 8.06. The molecule has 0 saturated carbocycles. The topological polar surface area (TPSA) is 56.7 Å². The lowest BCUT2D eigenvalue weighted by Crippen LogP contribution is -2.44. The Morgan fingerprint density at radius 3 is 2.50 bits per heavy atom. The summed E-state index contributed by atoms with van der Waals surface area (Å²) in [6.07, 6.45) is -0.207. The van der Waals surface area contributed by atoms with Gasteiger partial charge in [-0.05, 0) is 30.6 Å². The van der Waals surface area contributed by atoms with Gasteiger partial charge in [0.15, 0.2) is 0 Å². The number of nitrogens with zero attached hydrogens (tertiary/aromatic N) is 3. The van der Waals surface area contributed by atoms with E-state index in [0.717, 1.165) is 37.4 Å². The van der Waals surface area contributed by atoms with Gasteiger partial charge in [-0.15, -0.1) is 0 Å². The van der Waals surface area contributed by atoms with Gasteiger partial charge >= 0.3 is 5.97 Å². The first kappa shape index (κ1) is 18.1. The van der Waals surface area contributed by atoms with Gasteiger partial charge in [0.2, 0.25) is 0 Å². The minimum Gasteiger partial charge on any atom is -0.481 e. The molecule has 2 aromatic rings. The smallest absolute Gasteiger partial charge is 0.309 e. The molecule has 3 rings (SSSR count). The van der Waals surface area contributed by atoms with Crippen LogP contribution < -0.4 is 4.90 Å². The Bertz CT molecular complexity index is 713. The van der Waals surface area contributed by atoms with Gasteiger partial charge in [-0.25, -0.2) is 9.37 Å². The number of carboxylic acid groups (broad SMARTS) is 1. The highest BCUT2D eigenvalue weighted by Gasteiger charge is 2.18. The molecule has 1 N–H and O–H groups in total. The Hall–Kier alpha value is -2.21. The summed E-state index contributed by atoms with van der Waals surface area (Å²) in [7, 11) is 2.07. The standard InChI is InChI=1S/C16H18FN3O2.C2H6/c1-19-4-6-20(7-5-19)15-8-11-2-3-12(17)9-13(11)14(18-15)10-16(21)22;1-2/h2-3,8-9H,4-7,10H2,1H3,(H,21,22);1-2H3. The first-order chi connectivity index (χ1) is 11.5. The molecule has 1 aliphatic heterocycles. The minimum atomic E-state index is -0.964. The molecule has 0 bridgehead atoms. The quantitative estimate of drug-likeness (QED) is 0.936. The summed E-state index contributed by atoms with van der Waals surface area (Å²) >= 11 is 0. The van der Waals surface area contributed by atoms with Crippen LogP contribution in [0.1, 0.15) is 19.5 Å². The lowest BCUT2D eigenvalue weighted by molar-refractivity contribution is -0.136. The number of aromatic nitrogens is 1. The molecule has 0 atom stereocenters. The molecular formula is C18H24FN3O2. The van der Waals surface area contributed by atoms with Crippen molar-refractivity contribution in [3.63, 3.8) is 0 Å². The van der Waals surface area contributed by atoms with Crippen LogP contribution >= 0.6 is 0 Å². The number of hydrogen-bond acceptors (Lipinski definition) is 4. The van der Waals surface area contributed by atoms with Crippen LogP contribution in [-0.4, -0.2) is 54.2 Å². The van der Waals surface area contributed by atoms with Gasteiger partial charge in [-0.1, -0.05) is 19.9 Å². The Balaban J connectivity index is 0.00000100. The van der Waals surface area contributed by atoms with Crippen molar-refractivity contribution in [1.29, 1.82) is 0 Å². The minimum absolute atomic E-state index is 0.207. The SMILES string of the molecule is CC.CN1CCN(c2cc3ccc(F)cc3c(CC(=O)O)n2)CC1. The Kier molecular flexibility index (Phi) is 6.09. The number of rotatable bonds is 3. The average molecular weight is 333 g/mol. The van der Waals surface area contributed by atoms with Gasteiger partial charge in [0, 0.05) is 31.6 Å². The first-order valence-electron chi connectivity index (χ1n) is 8.27. The maximum atomic E-state index is 13.5. The Morgan fingerprint density at radius 2 is 1.88 bits per heavy atom. The van der Waals surface area contributed by atoms with E-state index in [1.54, 1.807) is 6.07 Å². The van der Waals surface area contributed by atoms with Gasteiger partial charge in [-0.2, -0.15) is 0 Å². The maximum Gasteiger partial charge on any atom is 0.309 e. The number of pyridine rings is 1. The van der Waals surface area contributed by atoms with Gasteiger partial charge in [0.1, 0.15) is 11.6 Å². The first-order valence-corrected chi connectivity index (χ1v) is 8.27. The monoisotopic (exact) mass is 333 g/mol. The van der Waals surface area contributed by atoms with E-state index in [9.17, 15) is 9.18 Å². The van der Waals surface area contributed by atoms with Gasteiger partial charge in [0.05, 0.1) is 12.1 Å². The molecular weight excluding hydrogens is 309 g/mol. The van der Waals surface area contributed by atoms with Crippen molar-refractivity contribution in [1.82, 2.24) is 9.88 Å². The van der Waals surface area contributed by atoms with Crippen molar-refractivity contribution < 1.29 is 14.3 Å². The van der Waals surface area contributed by atoms with Crippen molar-refractivity contribution in [2.24, 2.45) is 0 Å². The number of fused-ring (bicyclic) bond motifs is 1. The highest BCUT2D eigenvalue weighted by molar-refractivity contribution is 5.89.